The molecule has 1 amide bonds. The van der Waals surface area contributed by atoms with Crippen molar-refractivity contribution in [2.24, 2.45) is 17.6 Å². The van der Waals surface area contributed by atoms with Crippen LogP contribution >= 0.6 is 0 Å². The van der Waals surface area contributed by atoms with Gasteiger partial charge in [0.25, 0.3) is 5.92 Å². The number of amides is 1. The lowest BCUT2D eigenvalue weighted by Crippen LogP contribution is -2.49. The molecule has 0 spiro atoms. The fourth-order valence-corrected chi connectivity index (χ4v) is 4.25. The summed E-state index contributed by atoms with van der Waals surface area (Å²) in [4.78, 5) is 17.9. The van der Waals surface area contributed by atoms with Crippen LogP contribution in [-0.4, -0.2) is 40.8 Å². The maximum Gasteiger partial charge on any atom is 0.267 e. The van der Waals surface area contributed by atoms with Gasteiger partial charge in [-0.1, -0.05) is 13.0 Å². The Balaban J connectivity index is 1.53. The van der Waals surface area contributed by atoms with Crippen molar-refractivity contribution in [3.8, 4) is 0 Å². The smallest absolute Gasteiger partial charge is 0.267 e. The van der Waals surface area contributed by atoms with Crippen molar-refractivity contribution < 1.29 is 13.6 Å². The number of pyridine rings is 1. The molecule has 1 saturated heterocycles. The zero-order chi connectivity index (χ0) is 18.0. The van der Waals surface area contributed by atoms with Gasteiger partial charge in [-0.25, -0.2) is 8.78 Å². The van der Waals surface area contributed by atoms with Crippen LogP contribution < -0.4 is 5.73 Å². The molecule has 0 radical (unpaired) electrons. The van der Waals surface area contributed by atoms with Gasteiger partial charge in [0.05, 0.1) is 12.6 Å². The highest BCUT2D eigenvalue weighted by atomic mass is 19.3. The van der Waals surface area contributed by atoms with Crippen molar-refractivity contribution in [2.45, 2.75) is 56.9 Å². The first-order chi connectivity index (χ1) is 11.9. The van der Waals surface area contributed by atoms with Crippen LogP contribution in [0.3, 0.4) is 0 Å². The minimum absolute atomic E-state index is 0.0107. The molecule has 2 heterocycles. The maximum atomic E-state index is 13.3. The molecular weight excluding hydrogens is 324 g/mol. The van der Waals surface area contributed by atoms with Crippen LogP contribution in [0.2, 0.25) is 0 Å². The summed E-state index contributed by atoms with van der Waals surface area (Å²) < 4.78 is 26.7. The van der Waals surface area contributed by atoms with Crippen molar-refractivity contribution in [1.82, 2.24) is 9.88 Å². The Kier molecular flexibility index (Phi) is 5.37. The van der Waals surface area contributed by atoms with Gasteiger partial charge in [0.2, 0.25) is 5.91 Å². The topological polar surface area (TPSA) is 59.2 Å². The van der Waals surface area contributed by atoms with Gasteiger partial charge in [-0.15, -0.1) is 0 Å². The predicted molar refractivity (Wildman–Crippen MR) is 92.2 cm³/mol. The molecule has 1 aromatic heterocycles. The molecule has 2 aliphatic rings. The molecule has 2 atom stereocenters. The molecule has 1 aromatic rings. The average molecular weight is 351 g/mol. The van der Waals surface area contributed by atoms with E-state index in [2.05, 4.69) is 11.1 Å². The largest absolute Gasteiger partial charge is 0.335 e. The number of hydrogen-bond donors (Lipinski definition) is 1. The summed E-state index contributed by atoms with van der Waals surface area (Å²) in [5.41, 5.74) is 7.43. The highest BCUT2D eigenvalue weighted by Gasteiger charge is 2.43. The molecule has 6 heteroatoms. The summed E-state index contributed by atoms with van der Waals surface area (Å²) >= 11 is 0. The number of halogens is 2. The first kappa shape index (κ1) is 18.2. The monoisotopic (exact) mass is 351 g/mol. The number of alkyl halides is 2. The zero-order valence-electron chi connectivity index (χ0n) is 14.7. The lowest BCUT2D eigenvalue weighted by molar-refractivity contribution is -0.134. The SMILES string of the molecule is C[C@@H](C1CCC(c2cccnc2)CC1)C(N)C(=O)N1CCC(F)(F)C1. The van der Waals surface area contributed by atoms with E-state index in [1.54, 1.807) is 6.20 Å². The van der Waals surface area contributed by atoms with Gasteiger partial charge in [-0.05, 0) is 55.1 Å². The van der Waals surface area contributed by atoms with Gasteiger partial charge in [-0.2, -0.15) is 0 Å². The Morgan fingerprint density at radius 3 is 2.64 bits per heavy atom. The molecule has 4 nitrogen and oxygen atoms in total. The summed E-state index contributed by atoms with van der Waals surface area (Å²) in [6, 6.07) is 3.39. The fraction of sp³-hybridized carbons (Fsp3) is 0.684. The molecule has 0 bridgehead atoms. The van der Waals surface area contributed by atoms with Crippen LogP contribution in [0.1, 0.15) is 50.5 Å². The van der Waals surface area contributed by atoms with E-state index in [-0.39, 0.29) is 24.8 Å². The highest BCUT2D eigenvalue weighted by molar-refractivity contribution is 5.82. The molecule has 3 rings (SSSR count). The number of rotatable bonds is 4. The number of hydrogen-bond acceptors (Lipinski definition) is 3. The van der Waals surface area contributed by atoms with E-state index in [1.165, 1.54) is 10.5 Å². The molecule has 2 N–H and O–H groups in total. The lowest BCUT2D eigenvalue weighted by Gasteiger charge is -2.35. The number of carbonyl (C=O) groups is 1. The average Bonchev–Trinajstić information content (AvgIpc) is 3.00. The van der Waals surface area contributed by atoms with Gasteiger partial charge in [0, 0.05) is 25.4 Å². The molecular formula is C19H27F2N3O. The number of likely N-dealkylation sites (tertiary alicyclic amines) is 1. The van der Waals surface area contributed by atoms with Gasteiger partial charge in [0.15, 0.2) is 0 Å². The summed E-state index contributed by atoms with van der Waals surface area (Å²) in [7, 11) is 0. The molecule has 138 valence electrons. The Labute approximate surface area is 147 Å². The van der Waals surface area contributed by atoms with Gasteiger partial charge < -0.3 is 10.6 Å². The number of nitrogens with zero attached hydrogens (tertiary/aromatic N) is 2. The predicted octanol–water partition coefficient (Wildman–Crippen LogP) is 3.19. The van der Waals surface area contributed by atoms with E-state index in [0.717, 1.165) is 25.7 Å². The van der Waals surface area contributed by atoms with Crippen LogP contribution in [0.5, 0.6) is 0 Å². The van der Waals surface area contributed by atoms with Crippen molar-refractivity contribution in [1.29, 1.82) is 0 Å². The molecule has 1 aliphatic carbocycles. The highest BCUT2D eigenvalue weighted by Crippen LogP contribution is 2.39. The second-order valence-electron chi connectivity index (χ2n) is 7.65. The third kappa shape index (κ3) is 4.17. The zero-order valence-corrected chi connectivity index (χ0v) is 14.7. The Morgan fingerprint density at radius 2 is 2.08 bits per heavy atom. The maximum absolute atomic E-state index is 13.3. The quantitative estimate of drug-likeness (QED) is 0.906. The standard InChI is InChI=1S/C19H27F2N3O/c1-13(17(22)18(25)24-10-8-19(20,21)12-24)14-4-6-15(7-5-14)16-3-2-9-23-11-16/h2-3,9,11,13-15,17H,4-8,10,12,22H2,1H3/t13-,14?,15?,17?/m0/s1. The second-order valence-corrected chi connectivity index (χ2v) is 7.65. The van der Waals surface area contributed by atoms with Crippen LogP contribution in [0, 0.1) is 11.8 Å². The lowest BCUT2D eigenvalue weighted by atomic mass is 9.72. The van der Waals surface area contributed by atoms with E-state index >= 15 is 0 Å². The molecule has 1 saturated carbocycles. The van der Waals surface area contributed by atoms with Crippen LogP contribution in [-0.2, 0) is 4.79 Å². The Hall–Kier alpha value is -1.56. The van der Waals surface area contributed by atoms with E-state index in [9.17, 15) is 13.6 Å². The summed E-state index contributed by atoms with van der Waals surface area (Å²) in [5.74, 6) is -2.19. The van der Waals surface area contributed by atoms with E-state index in [4.69, 9.17) is 5.73 Å². The second kappa shape index (κ2) is 7.36. The number of carbonyl (C=O) groups excluding carboxylic acids is 1. The van der Waals surface area contributed by atoms with Crippen LogP contribution in [0.15, 0.2) is 24.5 Å². The molecule has 1 aliphatic heterocycles. The Morgan fingerprint density at radius 1 is 1.36 bits per heavy atom. The van der Waals surface area contributed by atoms with Gasteiger partial charge in [0.1, 0.15) is 0 Å². The first-order valence-corrected chi connectivity index (χ1v) is 9.19. The fourth-order valence-electron chi connectivity index (χ4n) is 4.25. The number of nitrogens with two attached hydrogens (primary N) is 1. The summed E-state index contributed by atoms with van der Waals surface area (Å²) in [6.45, 7) is 1.62. The van der Waals surface area contributed by atoms with Gasteiger partial charge in [-0.3, -0.25) is 9.78 Å². The van der Waals surface area contributed by atoms with Crippen molar-refractivity contribution >= 4 is 5.91 Å². The van der Waals surface area contributed by atoms with Gasteiger partial charge >= 0.3 is 0 Å². The summed E-state index contributed by atoms with van der Waals surface area (Å²) in [5, 5.41) is 0. The molecule has 1 unspecified atom stereocenters. The van der Waals surface area contributed by atoms with E-state index in [1.807, 2.05) is 19.2 Å². The van der Waals surface area contributed by atoms with Crippen LogP contribution in [0.25, 0.3) is 0 Å². The minimum atomic E-state index is -2.76. The Bertz CT molecular complexity index is 588. The van der Waals surface area contributed by atoms with Crippen molar-refractivity contribution in [2.75, 3.05) is 13.1 Å². The third-order valence-corrected chi connectivity index (χ3v) is 6.00. The van der Waals surface area contributed by atoms with Crippen LogP contribution in [0.4, 0.5) is 8.78 Å². The molecule has 25 heavy (non-hydrogen) atoms. The van der Waals surface area contributed by atoms with Crippen molar-refractivity contribution in [3.05, 3.63) is 30.1 Å². The third-order valence-electron chi connectivity index (χ3n) is 6.00. The molecule has 2 fully saturated rings. The summed E-state index contributed by atoms with van der Waals surface area (Å²) in [6.07, 6.45) is 7.60. The number of aromatic nitrogens is 1. The normalized spacial score (nSPS) is 28.6. The minimum Gasteiger partial charge on any atom is -0.335 e. The molecule has 0 aromatic carbocycles. The van der Waals surface area contributed by atoms with E-state index in [0.29, 0.717) is 11.8 Å². The van der Waals surface area contributed by atoms with E-state index < -0.39 is 18.5 Å². The van der Waals surface area contributed by atoms with Crippen molar-refractivity contribution in [3.63, 3.8) is 0 Å². The first-order valence-electron chi connectivity index (χ1n) is 9.19.